The largest absolute Gasteiger partial charge is 0.317 e. The molecule has 0 spiro atoms. The van der Waals surface area contributed by atoms with Crippen molar-refractivity contribution in [3.05, 3.63) is 47.5 Å². The van der Waals surface area contributed by atoms with Crippen LogP contribution in [0.2, 0.25) is 0 Å². The van der Waals surface area contributed by atoms with Gasteiger partial charge in [-0.1, -0.05) is 43.3 Å². The summed E-state index contributed by atoms with van der Waals surface area (Å²) in [6.07, 6.45) is 1.11. The summed E-state index contributed by atoms with van der Waals surface area (Å²) in [4.78, 5) is 0. The standard InChI is InChI=1S/C15H19N/c1-3-16-11-10-14-12(2)8-9-13-6-4-5-7-15(13)14/h4-9,16H,3,10-11H2,1-2H3. The fourth-order valence-electron chi connectivity index (χ4n) is 2.17. The van der Waals surface area contributed by atoms with E-state index in [9.17, 15) is 0 Å². The van der Waals surface area contributed by atoms with Crippen LogP contribution in [0.15, 0.2) is 36.4 Å². The van der Waals surface area contributed by atoms with Crippen LogP contribution in [0.5, 0.6) is 0 Å². The fourth-order valence-corrected chi connectivity index (χ4v) is 2.17. The number of fused-ring (bicyclic) bond motifs is 1. The maximum absolute atomic E-state index is 3.39. The second-order valence-electron chi connectivity index (χ2n) is 4.19. The third-order valence-corrected chi connectivity index (χ3v) is 3.08. The molecule has 0 fully saturated rings. The number of likely N-dealkylation sites (N-methyl/N-ethyl adjacent to an activating group) is 1. The third kappa shape index (κ3) is 2.25. The summed E-state index contributed by atoms with van der Waals surface area (Å²) < 4.78 is 0. The van der Waals surface area contributed by atoms with Crippen molar-refractivity contribution in [2.75, 3.05) is 13.1 Å². The van der Waals surface area contributed by atoms with E-state index in [2.05, 4.69) is 55.6 Å². The van der Waals surface area contributed by atoms with Crippen LogP contribution in [0.25, 0.3) is 10.8 Å². The minimum absolute atomic E-state index is 1.05. The molecule has 1 nitrogen and oxygen atoms in total. The van der Waals surface area contributed by atoms with E-state index in [0.717, 1.165) is 19.5 Å². The minimum atomic E-state index is 1.05. The Kier molecular flexibility index (Phi) is 3.58. The smallest absolute Gasteiger partial charge is 0.000814 e. The van der Waals surface area contributed by atoms with Crippen molar-refractivity contribution >= 4 is 10.8 Å². The van der Waals surface area contributed by atoms with E-state index in [0.29, 0.717) is 0 Å². The Labute approximate surface area is 97.5 Å². The van der Waals surface area contributed by atoms with Crippen LogP contribution in [-0.2, 0) is 6.42 Å². The molecule has 0 aliphatic heterocycles. The van der Waals surface area contributed by atoms with Gasteiger partial charge in [-0.3, -0.25) is 0 Å². The molecule has 0 radical (unpaired) electrons. The highest BCUT2D eigenvalue weighted by Gasteiger charge is 2.03. The van der Waals surface area contributed by atoms with Crippen molar-refractivity contribution in [3.8, 4) is 0 Å². The summed E-state index contributed by atoms with van der Waals surface area (Å²) in [5, 5.41) is 6.14. The lowest BCUT2D eigenvalue weighted by atomic mass is 9.97. The molecule has 0 aliphatic rings. The molecule has 2 rings (SSSR count). The van der Waals surface area contributed by atoms with E-state index in [4.69, 9.17) is 0 Å². The minimum Gasteiger partial charge on any atom is -0.317 e. The van der Waals surface area contributed by atoms with Gasteiger partial charge in [-0.05, 0) is 48.3 Å². The molecule has 0 bridgehead atoms. The van der Waals surface area contributed by atoms with Crippen molar-refractivity contribution in [2.24, 2.45) is 0 Å². The zero-order valence-corrected chi connectivity index (χ0v) is 10.1. The molecular weight excluding hydrogens is 194 g/mol. The number of hydrogen-bond donors (Lipinski definition) is 1. The average Bonchev–Trinajstić information content (AvgIpc) is 2.32. The normalized spacial score (nSPS) is 10.9. The molecule has 0 atom stereocenters. The van der Waals surface area contributed by atoms with Crippen LogP contribution in [0.1, 0.15) is 18.1 Å². The Morgan fingerprint density at radius 1 is 1.06 bits per heavy atom. The highest BCUT2D eigenvalue weighted by molar-refractivity contribution is 5.86. The predicted molar refractivity (Wildman–Crippen MR) is 70.9 cm³/mol. The van der Waals surface area contributed by atoms with E-state index in [1.54, 1.807) is 0 Å². The molecule has 1 heteroatoms. The molecule has 16 heavy (non-hydrogen) atoms. The molecule has 0 heterocycles. The molecule has 0 saturated carbocycles. The van der Waals surface area contributed by atoms with Crippen LogP contribution in [0, 0.1) is 6.92 Å². The van der Waals surface area contributed by atoms with Crippen LogP contribution < -0.4 is 5.32 Å². The molecule has 0 amide bonds. The second-order valence-corrected chi connectivity index (χ2v) is 4.19. The molecule has 84 valence electrons. The number of nitrogens with one attached hydrogen (secondary N) is 1. The summed E-state index contributed by atoms with van der Waals surface area (Å²) in [6, 6.07) is 13.1. The molecule has 2 aromatic rings. The van der Waals surface area contributed by atoms with Crippen LogP contribution >= 0.6 is 0 Å². The Hall–Kier alpha value is -1.34. The lowest BCUT2D eigenvalue weighted by Crippen LogP contribution is -2.16. The number of rotatable bonds is 4. The van der Waals surface area contributed by atoms with Gasteiger partial charge in [-0.25, -0.2) is 0 Å². The van der Waals surface area contributed by atoms with Crippen molar-refractivity contribution in [1.82, 2.24) is 5.32 Å². The van der Waals surface area contributed by atoms with Gasteiger partial charge in [-0.2, -0.15) is 0 Å². The number of aryl methyl sites for hydroxylation is 1. The maximum Gasteiger partial charge on any atom is -0.000814 e. The van der Waals surface area contributed by atoms with E-state index < -0.39 is 0 Å². The first-order valence-corrected chi connectivity index (χ1v) is 6.01. The van der Waals surface area contributed by atoms with Gasteiger partial charge in [0.1, 0.15) is 0 Å². The lowest BCUT2D eigenvalue weighted by molar-refractivity contribution is 0.717. The summed E-state index contributed by atoms with van der Waals surface area (Å²) in [5.41, 5.74) is 2.88. The molecule has 0 aromatic heterocycles. The second kappa shape index (κ2) is 5.13. The van der Waals surface area contributed by atoms with Crippen molar-refractivity contribution in [3.63, 3.8) is 0 Å². The zero-order valence-electron chi connectivity index (χ0n) is 10.1. The van der Waals surface area contributed by atoms with E-state index in [1.807, 2.05) is 0 Å². The Bertz CT molecular complexity index is 474. The summed E-state index contributed by atoms with van der Waals surface area (Å²) >= 11 is 0. The van der Waals surface area contributed by atoms with Gasteiger partial charge in [0.25, 0.3) is 0 Å². The molecule has 1 N–H and O–H groups in total. The molecular formula is C15H19N. The van der Waals surface area contributed by atoms with Gasteiger partial charge >= 0.3 is 0 Å². The summed E-state index contributed by atoms with van der Waals surface area (Å²) in [6.45, 7) is 6.46. The Morgan fingerprint density at radius 2 is 1.88 bits per heavy atom. The van der Waals surface area contributed by atoms with Gasteiger partial charge in [0.2, 0.25) is 0 Å². The van der Waals surface area contributed by atoms with Crippen molar-refractivity contribution < 1.29 is 0 Å². The number of hydrogen-bond acceptors (Lipinski definition) is 1. The monoisotopic (exact) mass is 213 g/mol. The highest BCUT2D eigenvalue weighted by atomic mass is 14.8. The first-order chi connectivity index (χ1) is 7.83. The quantitative estimate of drug-likeness (QED) is 0.768. The van der Waals surface area contributed by atoms with E-state index >= 15 is 0 Å². The maximum atomic E-state index is 3.39. The Balaban J connectivity index is 2.37. The molecule has 2 aromatic carbocycles. The van der Waals surface area contributed by atoms with E-state index in [-0.39, 0.29) is 0 Å². The third-order valence-electron chi connectivity index (χ3n) is 3.08. The molecule has 0 saturated heterocycles. The van der Waals surface area contributed by atoms with Crippen LogP contribution in [0.4, 0.5) is 0 Å². The predicted octanol–water partition coefficient (Wildman–Crippen LogP) is 3.30. The Morgan fingerprint density at radius 3 is 2.69 bits per heavy atom. The summed E-state index contributed by atoms with van der Waals surface area (Å²) in [5.74, 6) is 0. The van der Waals surface area contributed by atoms with Gasteiger partial charge in [0.05, 0.1) is 0 Å². The van der Waals surface area contributed by atoms with Crippen molar-refractivity contribution in [1.29, 1.82) is 0 Å². The molecule has 0 unspecified atom stereocenters. The van der Waals surface area contributed by atoms with Crippen molar-refractivity contribution in [2.45, 2.75) is 20.3 Å². The first-order valence-electron chi connectivity index (χ1n) is 6.01. The zero-order chi connectivity index (χ0) is 11.4. The summed E-state index contributed by atoms with van der Waals surface area (Å²) in [7, 11) is 0. The van der Waals surface area contributed by atoms with Gasteiger partial charge in [0, 0.05) is 0 Å². The molecule has 0 aliphatic carbocycles. The van der Waals surface area contributed by atoms with Gasteiger partial charge < -0.3 is 5.32 Å². The van der Waals surface area contributed by atoms with Crippen LogP contribution in [0.3, 0.4) is 0 Å². The highest BCUT2D eigenvalue weighted by Crippen LogP contribution is 2.22. The fraction of sp³-hybridized carbons (Fsp3) is 0.333. The number of benzene rings is 2. The van der Waals surface area contributed by atoms with Gasteiger partial charge in [-0.15, -0.1) is 0 Å². The van der Waals surface area contributed by atoms with Gasteiger partial charge in [0.15, 0.2) is 0 Å². The SMILES string of the molecule is CCNCCc1c(C)ccc2ccccc12. The topological polar surface area (TPSA) is 12.0 Å². The first kappa shape index (κ1) is 11.2. The van der Waals surface area contributed by atoms with E-state index in [1.165, 1.54) is 21.9 Å². The lowest BCUT2D eigenvalue weighted by Gasteiger charge is -2.10. The van der Waals surface area contributed by atoms with Crippen LogP contribution in [-0.4, -0.2) is 13.1 Å². The average molecular weight is 213 g/mol.